The van der Waals surface area contributed by atoms with Gasteiger partial charge in [-0.1, -0.05) is 6.07 Å². The molecule has 0 aliphatic carbocycles. The quantitative estimate of drug-likeness (QED) is 0.280. The molecule has 3 heterocycles. The van der Waals surface area contributed by atoms with Crippen molar-refractivity contribution in [2.75, 3.05) is 18.1 Å². The van der Waals surface area contributed by atoms with Crippen LogP contribution >= 0.6 is 0 Å². The molecule has 36 heavy (non-hydrogen) atoms. The number of nitrogens with two attached hydrogens (primary N) is 1. The predicted octanol–water partition coefficient (Wildman–Crippen LogP) is 5.29. The smallest absolute Gasteiger partial charge is 0.219 e. The number of para-hydroxylation sites is 1. The topological polar surface area (TPSA) is 111 Å². The third-order valence-electron chi connectivity index (χ3n) is 5.94. The number of aromatic amines is 1. The molecule has 3 aromatic heterocycles. The highest BCUT2D eigenvalue weighted by Gasteiger charge is 2.21. The molecule has 8 nitrogen and oxygen atoms in total. The Balaban J connectivity index is 1.44. The van der Waals surface area contributed by atoms with Crippen LogP contribution in [-0.4, -0.2) is 32.6 Å². The first kappa shape index (κ1) is 23.0. The fourth-order valence-corrected chi connectivity index (χ4v) is 4.04. The maximum absolute atomic E-state index is 13.9. The zero-order chi connectivity index (χ0) is 25.6. The van der Waals surface area contributed by atoms with Gasteiger partial charge in [0.25, 0.3) is 0 Å². The zero-order valence-electron chi connectivity index (χ0n) is 19.7. The van der Waals surface area contributed by atoms with E-state index in [1.165, 1.54) is 29.2 Å². The summed E-state index contributed by atoms with van der Waals surface area (Å²) in [5.74, 6) is -2.40. The molecule has 0 aliphatic heterocycles. The van der Waals surface area contributed by atoms with Crippen LogP contribution in [0.2, 0.25) is 0 Å². The molecule has 0 spiro atoms. The Morgan fingerprint density at radius 3 is 2.53 bits per heavy atom. The second kappa shape index (κ2) is 8.81. The molecule has 0 bridgehead atoms. The third-order valence-corrected chi connectivity index (χ3v) is 5.94. The van der Waals surface area contributed by atoms with Gasteiger partial charge in [-0.3, -0.25) is 4.79 Å². The molecule has 182 valence electrons. The molecule has 0 unspecified atom stereocenters. The number of halogens is 2. The van der Waals surface area contributed by atoms with Crippen LogP contribution in [0.4, 0.5) is 20.3 Å². The predicted molar refractivity (Wildman–Crippen MR) is 133 cm³/mol. The number of nitrogens with zero attached hydrogens (tertiary/aromatic N) is 3. The van der Waals surface area contributed by atoms with Crippen molar-refractivity contribution in [1.82, 2.24) is 19.7 Å². The number of aromatic nitrogens is 4. The molecule has 0 atom stereocenters. The first-order valence-electron chi connectivity index (χ1n) is 11.0. The number of anilines is 2. The molecular weight excluding hydrogens is 466 g/mol. The van der Waals surface area contributed by atoms with Crippen molar-refractivity contribution in [3.05, 3.63) is 88.9 Å². The standard InChI is InChI=1S/C26H22F2N6O2/c1-13-7-15-9-21(33-20(15)10-19(13)30-3)24(35)16-11-32-34(26(16)29)22-12-31-23(8-14(22)2)36-25-17(27)5-4-6-18(25)28/h4-12,30,33H,29H2,1-3H3. The van der Waals surface area contributed by atoms with E-state index < -0.39 is 17.4 Å². The lowest BCUT2D eigenvalue weighted by atomic mass is 10.1. The molecule has 4 N–H and O–H groups in total. The Bertz CT molecular complexity index is 1620. The Morgan fingerprint density at radius 1 is 1.08 bits per heavy atom. The molecule has 0 saturated heterocycles. The molecule has 10 heteroatoms. The van der Waals surface area contributed by atoms with E-state index in [-0.39, 0.29) is 23.0 Å². The van der Waals surface area contributed by atoms with Gasteiger partial charge in [-0.15, -0.1) is 0 Å². The number of carbonyl (C=O) groups is 1. The Morgan fingerprint density at radius 2 is 1.83 bits per heavy atom. The maximum Gasteiger partial charge on any atom is 0.219 e. The summed E-state index contributed by atoms with van der Waals surface area (Å²) >= 11 is 0. The number of pyridine rings is 1. The second-order valence-corrected chi connectivity index (χ2v) is 8.33. The number of nitrogens with one attached hydrogen (secondary N) is 2. The van der Waals surface area contributed by atoms with Crippen LogP contribution in [0, 0.1) is 25.5 Å². The summed E-state index contributed by atoms with van der Waals surface area (Å²) in [7, 11) is 1.84. The van der Waals surface area contributed by atoms with Crippen LogP contribution in [0.15, 0.2) is 54.9 Å². The van der Waals surface area contributed by atoms with Gasteiger partial charge >= 0.3 is 0 Å². The van der Waals surface area contributed by atoms with Crippen LogP contribution in [-0.2, 0) is 0 Å². The van der Waals surface area contributed by atoms with Gasteiger partial charge in [0.15, 0.2) is 11.6 Å². The highest BCUT2D eigenvalue weighted by atomic mass is 19.1. The summed E-state index contributed by atoms with van der Waals surface area (Å²) in [4.78, 5) is 20.5. The van der Waals surface area contributed by atoms with E-state index in [1.807, 2.05) is 26.1 Å². The molecule has 5 aromatic rings. The summed E-state index contributed by atoms with van der Waals surface area (Å²) in [5.41, 5.74) is 10.9. The van der Waals surface area contributed by atoms with Gasteiger partial charge < -0.3 is 20.8 Å². The van der Waals surface area contributed by atoms with Crippen molar-refractivity contribution in [2.24, 2.45) is 0 Å². The van der Waals surface area contributed by atoms with Crippen molar-refractivity contribution in [3.63, 3.8) is 0 Å². The van der Waals surface area contributed by atoms with Crippen LogP contribution in [0.5, 0.6) is 11.6 Å². The lowest BCUT2D eigenvalue weighted by Gasteiger charge is -2.11. The minimum Gasteiger partial charge on any atom is -0.433 e. The third kappa shape index (κ3) is 3.92. The molecule has 0 amide bonds. The van der Waals surface area contributed by atoms with Crippen molar-refractivity contribution >= 4 is 28.2 Å². The highest BCUT2D eigenvalue weighted by molar-refractivity contribution is 6.12. The number of ketones is 1. The van der Waals surface area contributed by atoms with E-state index in [0.29, 0.717) is 16.9 Å². The average Bonchev–Trinajstić information content (AvgIpc) is 3.43. The van der Waals surface area contributed by atoms with E-state index >= 15 is 0 Å². The SMILES string of the molecule is CNc1cc2[nH]c(C(=O)c3cnn(-c4cnc(Oc5c(F)cccc5F)cc4C)c3N)cc2cc1C. The normalized spacial score (nSPS) is 11.1. The Hall–Kier alpha value is -4.73. The van der Waals surface area contributed by atoms with Crippen molar-refractivity contribution < 1.29 is 18.3 Å². The van der Waals surface area contributed by atoms with E-state index in [0.717, 1.165) is 34.3 Å². The van der Waals surface area contributed by atoms with Crippen molar-refractivity contribution in [2.45, 2.75) is 13.8 Å². The number of ether oxygens (including phenoxy) is 1. The van der Waals surface area contributed by atoms with Crippen LogP contribution < -0.4 is 15.8 Å². The summed E-state index contributed by atoms with van der Waals surface area (Å²) in [6.45, 7) is 3.73. The first-order chi connectivity index (χ1) is 17.3. The summed E-state index contributed by atoms with van der Waals surface area (Å²) in [6, 6.07) is 10.7. The molecule has 0 saturated carbocycles. The zero-order valence-corrected chi connectivity index (χ0v) is 19.7. The molecule has 2 aromatic carbocycles. The monoisotopic (exact) mass is 488 g/mol. The van der Waals surface area contributed by atoms with Crippen LogP contribution in [0.25, 0.3) is 16.6 Å². The molecular formula is C26H22F2N6O2. The molecule has 0 fully saturated rings. The lowest BCUT2D eigenvalue weighted by molar-refractivity contribution is 0.103. The number of H-pyrrole nitrogens is 1. The van der Waals surface area contributed by atoms with Gasteiger partial charge in [-0.25, -0.2) is 18.4 Å². The van der Waals surface area contributed by atoms with E-state index in [9.17, 15) is 13.6 Å². The largest absolute Gasteiger partial charge is 0.433 e. The van der Waals surface area contributed by atoms with Gasteiger partial charge in [0.2, 0.25) is 17.4 Å². The lowest BCUT2D eigenvalue weighted by Crippen LogP contribution is -2.09. The van der Waals surface area contributed by atoms with E-state index in [1.54, 1.807) is 13.0 Å². The maximum atomic E-state index is 13.9. The van der Waals surface area contributed by atoms with Gasteiger partial charge in [0.1, 0.15) is 5.82 Å². The van der Waals surface area contributed by atoms with E-state index in [2.05, 4.69) is 20.4 Å². The highest BCUT2D eigenvalue weighted by Crippen LogP contribution is 2.30. The van der Waals surface area contributed by atoms with Gasteiger partial charge in [-0.05, 0) is 55.3 Å². The average molecular weight is 488 g/mol. The Kier molecular flexibility index (Phi) is 5.63. The number of rotatable bonds is 6. The van der Waals surface area contributed by atoms with Crippen molar-refractivity contribution in [1.29, 1.82) is 0 Å². The van der Waals surface area contributed by atoms with Crippen LogP contribution in [0.3, 0.4) is 0 Å². The minimum absolute atomic E-state index is 0.00316. The van der Waals surface area contributed by atoms with Gasteiger partial charge in [-0.2, -0.15) is 5.10 Å². The second-order valence-electron chi connectivity index (χ2n) is 8.33. The number of carbonyl (C=O) groups excluding carboxylic acids is 1. The number of hydrogen-bond donors (Lipinski definition) is 3. The fraction of sp³-hybridized carbons (Fsp3) is 0.115. The van der Waals surface area contributed by atoms with Gasteiger partial charge in [0.05, 0.1) is 29.3 Å². The van der Waals surface area contributed by atoms with E-state index in [4.69, 9.17) is 10.5 Å². The van der Waals surface area contributed by atoms with Crippen LogP contribution in [0.1, 0.15) is 27.2 Å². The van der Waals surface area contributed by atoms with Gasteiger partial charge in [0, 0.05) is 29.7 Å². The minimum atomic E-state index is -0.840. The number of fused-ring (bicyclic) bond motifs is 1. The number of hydrogen-bond acceptors (Lipinski definition) is 6. The van der Waals surface area contributed by atoms with Crippen molar-refractivity contribution in [3.8, 4) is 17.3 Å². The number of benzene rings is 2. The Labute approximate surface area is 204 Å². The number of aryl methyl sites for hydroxylation is 2. The summed E-state index contributed by atoms with van der Waals surface area (Å²) < 4.78 is 34.5. The molecule has 0 aliphatic rings. The molecule has 5 rings (SSSR count). The summed E-state index contributed by atoms with van der Waals surface area (Å²) in [6.07, 6.45) is 2.80. The first-order valence-corrected chi connectivity index (χ1v) is 11.0. The fourth-order valence-electron chi connectivity index (χ4n) is 4.04. The molecule has 0 radical (unpaired) electrons. The summed E-state index contributed by atoms with van der Waals surface area (Å²) in [5, 5.41) is 8.31. The number of nitrogen functional groups attached to an aromatic ring is 1.